The summed E-state index contributed by atoms with van der Waals surface area (Å²) in [6, 6.07) is 1.89. The molecule has 0 spiro atoms. The number of halogens is 1. The summed E-state index contributed by atoms with van der Waals surface area (Å²) in [5, 5.41) is 8.87. The third kappa shape index (κ3) is 1.34. The van der Waals surface area contributed by atoms with Crippen LogP contribution in [0.3, 0.4) is 0 Å². The predicted octanol–water partition coefficient (Wildman–Crippen LogP) is 2.24. The van der Waals surface area contributed by atoms with Crippen LogP contribution in [0.15, 0.2) is 6.07 Å². The summed E-state index contributed by atoms with van der Waals surface area (Å²) >= 11 is 0. The predicted molar refractivity (Wildman–Crippen MR) is 46.5 cm³/mol. The molecule has 0 aliphatic rings. The van der Waals surface area contributed by atoms with Gasteiger partial charge in [0.2, 0.25) is 0 Å². The molecular weight excluding hydrogens is 155 g/mol. The lowest BCUT2D eigenvalue weighted by atomic mass is 10.0. The van der Waals surface area contributed by atoms with Gasteiger partial charge in [0.15, 0.2) is 0 Å². The van der Waals surface area contributed by atoms with E-state index in [1.807, 2.05) is 13.0 Å². The summed E-state index contributed by atoms with van der Waals surface area (Å²) in [6.07, 6.45) is 0. The molecule has 0 bridgehead atoms. The van der Waals surface area contributed by atoms with Gasteiger partial charge < -0.3 is 5.11 Å². The highest BCUT2D eigenvalue weighted by molar-refractivity contribution is 5.37. The number of aliphatic hydroxyl groups excluding tert-OH is 1. The van der Waals surface area contributed by atoms with Gasteiger partial charge in [0, 0.05) is 5.56 Å². The summed E-state index contributed by atoms with van der Waals surface area (Å²) in [5.74, 6) is -0.269. The van der Waals surface area contributed by atoms with E-state index in [4.69, 9.17) is 5.11 Å². The van der Waals surface area contributed by atoms with Crippen molar-refractivity contribution in [2.24, 2.45) is 0 Å². The zero-order valence-electron chi connectivity index (χ0n) is 7.61. The van der Waals surface area contributed by atoms with Crippen LogP contribution in [0, 0.1) is 26.6 Å². The Balaban J connectivity index is 3.40. The zero-order valence-corrected chi connectivity index (χ0v) is 7.61. The SMILES string of the molecule is Cc1cc(C)c(CO)c(F)c1C. The van der Waals surface area contributed by atoms with Gasteiger partial charge in [0.25, 0.3) is 0 Å². The van der Waals surface area contributed by atoms with Gasteiger partial charge in [-0.3, -0.25) is 0 Å². The first kappa shape index (κ1) is 9.20. The van der Waals surface area contributed by atoms with E-state index in [1.165, 1.54) is 0 Å². The molecule has 0 amide bonds. The minimum atomic E-state index is -0.269. The van der Waals surface area contributed by atoms with Gasteiger partial charge >= 0.3 is 0 Å². The highest BCUT2D eigenvalue weighted by atomic mass is 19.1. The van der Waals surface area contributed by atoms with Gasteiger partial charge in [-0.05, 0) is 37.5 Å². The lowest BCUT2D eigenvalue weighted by Crippen LogP contribution is -1.99. The Morgan fingerprint density at radius 3 is 2.33 bits per heavy atom. The molecule has 0 radical (unpaired) electrons. The molecule has 2 heteroatoms. The molecule has 0 heterocycles. The maximum Gasteiger partial charge on any atom is 0.132 e. The van der Waals surface area contributed by atoms with Crippen LogP contribution < -0.4 is 0 Å². The fraction of sp³-hybridized carbons (Fsp3) is 0.400. The van der Waals surface area contributed by atoms with E-state index in [2.05, 4.69) is 0 Å². The topological polar surface area (TPSA) is 20.2 Å². The second-order valence-corrected chi connectivity index (χ2v) is 3.09. The highest BCUT2D eigenvalue weighted by Gasteiger charge is 2.09. The van der Waals surface area contributed by atoms with E-state index in [1.54, 1.807) is 13.8 Å². The first-order chi connectivity index (χ1) is 5.57. The third-order valence-corrected chi connectivity index (χ3v) is 2.25. The number of rotatable bonds is 1. The number of hydrogen-bond donors (Lipinski definition) is 1. The maximum absolute atomic E-state index is 13.4. The molecular formula is C10H13FO. The first-order valence-corrected chi connectivity index (χ1v) is 3.94. The highest BCUT2D eigenvalue weighted by Crippen LogP contribution is 2.20. The summed E-state index contributed by atoms with van der Waals surface area (Å²) in [5.41, 5.74) is 2.79. The second kappa shape index (κ2) is 3.23. The molecule has 1 N–H and O–H groups in total. The van der Waals surface area contributed by atoms with Crippen LogP contribution in [0.1, 0.15) is 22.3 Å². The molecule has 0 saturated heterocycles. The molecule has 12 heavy (non-hydrogen) atoms. The Morgan fingerprint density at radius 2 is 1.83 bits per heavy atom. The van der Waals surface area contributed by atoms with Crippen LogP contribution in [0.25, 0.3) is 0 Å². The summed E-state index contributed by atoms with van der Waals surface area (Å²) in [4.78, 5) is 0. The molecule has 0 unspecified atom stereocenters. The molecule has 0 atom stereocenters. The van der Waals surface area contributed by atoms with E-state index in [9.17, 15) is 4.39 Å². The molecule has 1 rings (SSSR count). The van der Waals surface area contributed by atoms with E-state index in [-0.39, 0.29) is 12.4 Å². The quantitative estimate of drug-likeness (QED) is 0.681. The molecule has 0 fully saturated rings. The van der Waals surface area contributed by atoms with Crippen molar-refractivity contribution >= 4 is 0 Å². The number of benzene rings is 1. The Hall–Kier alpha value is -0.890. The van der Waals surface area contributed by atoms with Gasteiger partial charge in [-0.2, -0.15) is 0 Å². The molecule has 0 saturated carbocycles. The smallest absolute Gasteiger partial charge is 0.132 e. The summed E-state index contributed by atoms with van der Waals surface area (Å²) in [7, 11) is 0. The minimum Gasteiger partial charge on any atom is -0.392 e. The van der Waals surface area contributed by atoms with Crippen molar-refractivity contribution in [3.8, 4) is 0 Å². The Kier molecular flexibility index (Phi) is 2.48. The Morgan fingerprint density at radius 1 is 1.25 bits per heavy atom. The summed E-state index contributed by atoms with van der Waals surface area (Å²) in [6.45, 7) is 5.18. The van der Waals surface area contributed by atoms with Crippen molar-refractivity contribution in [3.63, 3.8) is 0 Å². The van der Waals surface area contributed by atoms with Crippen LogP contribution in [-0.2, 0) is 6.61 Å². The van der Waals surface area contributed by atoms with Crippen molar-refractivity contribution in [1.82, 2.24) is 0 Å². The van der Waals surface area contributed by atoms with Gasteiger partial charge in [-0.1, -0.05) is 6.07 Å². The lowest BCUT2D eigenvalue weighted by molar-refractivity contribution is 0.274. The molecule has 1 aromatic carbocycles. The monoisotopic (exact) mass is 168 g/mol. The molecule has 1 nitrogen and oxygen atoms in total. The van der Waals surface area contributed by atoms with Crippen molar-refractivity contribution in [1.29, 1.82) is 0 Å². The molecule has 0 aliphatic heterocycles. The van der Waals surface area contributed by atoms with Gasteiger partial charge in [-0.25, -0.2) is 4.39 Å². The normalized spacial score (nSPS) is 10.4. The van der Waals surface area contributed by atoms with Crippen molar-refractivity contribution in [2.45, 2.75) is 27.4 Å². The molecule has 0 aliphatic carbocycles. The molecule has 1 aromatic rings. The Bertz CT molecular complexity index is 305. The lowest BCUT2D eigenvalue weighted by Gasteiger charge is -2.09. The van der Waals surface area contributed by atoms with Crippen molar-refractivity contribution in [3.05, 3.63) is 34.1 Å². The van der Waals surface area contributed by atoms with Crippen molar-refractivity contribution in [2.75, 3.05) is 0 Å². The third-order valence-electron chi connectivity index (χ3n) is 2.25. The van der Waals surface area contributed by atoms with E-state index < -0.39 is 0 Å². The average Bonchev–Trinajstić information content (AvgIpc) is 2.01. The minimum absolute atomic E-state index is 0.223. The van der Waals surface area contributed by atoms with Crippen LogP contribution in [0.2, 0.25) is 0 Å². The summed E-state index contributed by atoms with van der Waals surface area (Å²) < 4.78 is 13.4. The van der Waals surface area contributed by atoms with E-state index in [0.29, 0.717) is 11.1 Å². The van der Waals surface area contributed by atoms with Crippen LogP contribution in [0.4, 0.5) is 4.39 Å². The Labute approximate surface area is 71.9 Å². The fourth-order valence-electron chi connectivity index (χ4n) is 1.29. The van der Waals surface area contributed by atoms with Gasteiger partial charge in [-0.15, -0.1) is 0 Å². The van der Waals surface area contributed by atoms with Gasteiger partial charge in [0.1, 0.15) is 5.82 Å². The fourth-order valence-corrected chi connectivity index (χ4v) is 1.29. The van der Waals surface area contributed by atoms with Crippen LogP contribution in [-0.4, -0.2) is 5.11 Å². The van der Waals surface area contributed by atoms with Crippen molar-refractivity contribution < 1.29 is 9.50 Å². The van der Waals surface area contributed by atoms with Crippen LogP contribution >= 0.6 is 0 Å². The maximum atomic E-state index is 13.4. The number of aryl methyl sites for hydroxylation is 2. The average molecular weight is 168 g/mol. The second-order valence-electron chi connectivity index (χ2n) is 3.09. The number of hydrogen-bond acceptors (Lipinski definition) is 1. The van der Waals surface area contributed by atoms with E-state index >= 15 is 0 Å². The standard InChI is InChI=1S/C10H13FO/c1-6-4-7(2)9(5-12)10(11)8(6)3/h4,12H,5H2,1-3H3. The molecule has 66 valence electrons. The number of aliphatic hydroxyl groups is 1. The van der Waals surface area contributed by atoms with E-state index in [0.717, 1.165) is 11.1 Å². The largest absolute Gasteiger partial charge is 0.392 e. The first-order valence-electron chi connectivity index (χ1n) is 3.94. The van der Waals surface area contributed by atoms with Crippen LogP contribution in [0.5, 0.6) is 0 Å². The molecule has 0 aromatic heterocycles. The zero-order chi connectivity index (χ0) is 9.30. The van der Waals surface area contributed by atoms with Gasteiger partial charge in [0.05, 0.1) is 6.61 Å².